The molecular formula is C23H27N5OS. The molecule has 0 aliphatic carbocycles. The topological polar surface area (TPSA) is 52.6 Å². The Balaban J connectivity index is 1.44. The predicted molar refractivity (Wildman–Crippen MR) is 123 cm³/mol. The molecule has 0 spiro atoms. The van der Waals surface area contributed by atoms with E-state index in [1.165, 1.54) is 16.9 Å². The third kappa shape index (κ3) is 4.37. The standard InChI is InChI=1S/C23H27N5OS/c1-17-7-6-8-21(18(17)2)28(19(3)29)23-25-20(16-30-23)15-26-11-13-27(14-12-26)22-9-4-5-10-24-22/h4-10,16H,11-15H2,1-3H3. The van der Waals surface area contributed by atoms with Crippen LogP contribution >= 0.6 is 11.3 Å². The number of piperazine rings is 1. The van der Waals surface area contributed by atoms with Gasteiger partial charge >= 0.3 is 0 Å². The second kappa shape index (κ2) is 8.93. The quantitative estimate of drug-likeness (QED) is 0.619. The molecule has 6 nitrogen and oxygen atoms in total. The lowest BCUT2D eigenvalue weighted by molar-refractivity contribution is -0.115. The minimum absolute atomic E-state index is 0.0198. The van der Waals surface area contributed by atoms with E-state index in [9.17, 15) is 4.79 Å². The molecule has 1 aromatic carbocycles. The third-order valence-corrected chi connectivity index (χ3v) is 6.47. The van der Waals surface area contributed by atoms with Crippen molar-refractivity contribution in [1.82, 2.24) is 14.9 Å². The molecule has 0 N–H and O–H groups in total. The first-order valence-corrected chi connectivity index (χ1v) is 11.1. The highest BCUT2D eigenvalue weighted by Crippen LogP contribution is 2.32. The van der Waals surface area contributed by atoms with Crippen molar-refractivity contribution in [2.45, 2.75) is 27.3 Å². The van der Waals surface area contributed by atoms with Gasteiger partial charge in [-0.2, -0.15) is 0 Å². The van der Waals surface area contributed by atoms with Crippen LogP contribution in [0.25, 0.3) is 0 Å². The summed E-state index contributed by atoms with van der Waals surface area (Å²) >= 11 is 1.53. The first-order valence-electron chi connectivity index (χ1n) is 10.2. The van der Waals surface area contributed by atoms with Crippen molar-refractivity contribution in [3.63, 3.8) is 0 Å². The number of pyridine rings is 1. The van der Waals surface area contributed by atoms with Gasteiger partial charge in [-0.3, -0.25) is 14.6 Å². The number of aromatic nitrogens is 2. The van der Waals surface area contributed by atoms with E-state index in [-0.39, 0.29) is 5.91 Å². The monoisotopic (exact) mass is 421 g/mol. The summed E-state index contributed by atoms with van der Waals surface area (Å²) in [7, 11) is 0. The zero-order valence-corrected chi connectivity index (χ0v) is 18.5. The summed E-state index contributed by atoms with van der Waals surface area (Å²) < 4.78 is 0. The van der Waals surface area contributed by atoms with Gasteiger partial charge in [0.05, 0.1) is 11.4 Å². The Bertz CT molecular complexity index is 1010. The molecular weight excluding hydrogens is 394 g/mol. The van der Waals surface area contributed by atoms with E-state index in [0.29, 0.717) is 0 Å². The van der Waals surface area contributed by atoms with Crippen molar-refractivity contribution in [2.24, 2.45) is 0 Å². The number of carbonyl (C=O) groups excluding carboxylic acids is 1. The minimum Gasteiger partial charge on any atom is -0.354 e. The largest absolute Gasteiger partial charge is 0.354 e. The van der Waals surface area contributed by atoms with E-state index in [4.69, 9.17) is 4.98 Å². The molecule has 0 bridgehead atoms. The fraction of sp³-hybridized carbons (Fsp3) is 0.348. The van der Waals surface area contributed by atoms with Crippen molar-refractivity contribution >= 4 is 33.9 Å². The molecule has 1 amide bonds. The van der Waals surface area contributed by atoms with Crippen molar-refractivity contribution in [1.29, 1.82) is 0 Å². The van der Waals surface area contributed by atoms with E-state index >= 15 is 0 Å². The Morgan fingerprint density at radius 3 is 2.60 bits per heavy atom. The van der Waals surface area contributed by atoms with Gasteiger partial charge < -0.3 is 4.90 Å². The molecule has 1 fully saturated rings. The Kier molecular flexibility index (Phi) is 6.11. The van der Waals surface area contributed by atoms with E-state index in [1.54, 1.807) is 11.8 Å². The molecule has 1 aliphatic rings. The van der Waals surface area contributed by atoms with Crippen LogP contribution in [-0.2, 0) is 11.3 Å². The summed E-state index contributed by atoms with van der Waals surface area (Å²) in [5.74, 6) is 1.02. The molecule has 0 atom stereocenters. The van der Waals surface area contributed by atoms with E-state index in [0.717, 1.165) is 60.6 Å². The molecule has 0 unspecified atom stereocenters. The van der Waals surface area contributed by atoms with Gasteiger partial charge in [0.2, 0.25) is 5.91 Å². The molecule has 2 aromatic heterocycles. The maximum atomic E-state index is 12.4. The Hall–Kier alpha value is -2.77. The molecule has 3 heterocycles. The van der Waals surface area contributed by atoms with E-state index in [2.05, 4.69) is 46.1 Å². The highest BCUT2D eigenvalue weighted by atomic mass is 32.1. The van der Waals surface area contributed by atoms with Crippen LogP contribution in [0.5, 0.6) is 0 Å². The van der Waals surface area contributed by atoms with Crippen LogP contribution in [0.4, 0.5) is 16.6 Å². The molecule has 156 valence electrons. The summed E-state index contributed by atoms with van der Waals surface area (Å²) in [4.78, 5) is 28.2. The lowest BCUT2D eigenvalue weighted by Gasteiger charge is -2.35. The van der Waals surface area contributed by atoms with Gasteiger partial charge in [0.25, 0.3) is 0 Å². The second-order valence-electron chi connectivity index (χ2n) is 7.65. The fourth-order valence-corrected chi connectivity index (χ4v) is 4.63. The fourth-order valence-electron chi connectivity index (χ4n) is 3.76. The SMILES string of the molecule is CC(=O)N(c1nc(CN2CCN(c3ccccn3)CC2)cs1)c1cccc(C)c1C. The van der Waals surface area contributed by atoms with Gasteiger partial charge in [-0.05, 0) is 43.2 Å². The number of thiazole rings is 1. The lowest BCUT2D eigenvalue weighted by atomic mass is 10.1. The maximum Gasteiger partial charge on any atom is 0.230 e. The molecule has 30 heavy (non-hydrogen) atoms. The Morgan fingerprint density at radius 1 is 1.10 bits per heavy atom. The number of hydrogen-bond acceptors (Lipinski definition) is 6. The first kappa shape index (κ1) is 20.5. The van der Waals surface area contributed by atoms with Crippen LogP contribution in [-0.4, -0.2) is 47.0 Å². The number of nitrogens with zero attached hydrogens (tertiary/aromatic N) is 5. The van der Waals surface area contributed by atoms with Gasteiger partial charge in [-0.25, -0.2) is 9.97 Å². The minimum atomic E-state index is -0.0198. The summed E-state index contributed by atoms with van der Waals surface area (Å²) in [6, 6.07) is 12.1. The van der Waals surface area contributed by atoms with Gasteiger partial charge in [0.15, 0.2) is 5.13 Å². The number of anilines is 3. The highest BCUT2D eigenvalue weighted by Gasteiger charge is 2.22. The van der Waals surface area contributed by atoms with Crippen LogP contribution in [0, 0.1) is 13.8 Å². The van der Waals surface area contributed by atoms with Gasteiger partial charge in [-0.15, -0.1) is 11.3 Å². The smallest absolute Gasteiger partial charge is 0.230 e. The number of rotatable bonds is 5. The highest BCUT2D eigenvalue weighted by molar-refractivity contribution is 7.14. The zero-order chi connectivity index (χ0) is 21.1. The van der Waals surface area contributed by atoms with Gasteiger partial charge in [-0.1, -0.05) is 18.2 Å². The van der Waals surface area contributed by atoms with Gasteiger partial charge in [0.1, 0.15) is 5.82 Å². The first-order chi connectivity index (χ1) is 14.5. The number of aryl methyl sites for hydroxylation is 1. The molecule has 3 aromatic rings. The van der Waals surface area contributed by atoms with E-state index in [1.807, 2.05) is 30.5 Å². The van der Waals surface area contributed by atoms with Crippen molar-refractivity contribution in [3.05, 3.63) is 64.8 Å². The van der Waals surface area contributed by atoms with Crippen LogP contribution < -0.4 is 9.80 Å². The summed E-state index contributed by atoms with van der Waals surface area (Å²) in [6.07, 6.45) is 1.84. The van der Waals surface area contributed by atoms with Crippen LogP contribution in [0.15, 0.2) is 48.0 Å². The molecule has 0 saturated carbocycles. The number of benzene rings is 1. The zero-order valence-electron chi connectivity index (χ0n) is 17.7. The maximum absolute atomic E-state index is 12.4. The van der Waals surface area contributed by atoms with Gasteiger partial charge in [0, 0.05) is 51.2 Å². The molecule has 1 saturated heterocycles. The number of hydrogen-bond donors (Lipinski definition) is 0. The predicted octanol–water partition coefficient (Wildman–Crippen LogP) is 4.16. The number of amides is 1. The molecule has 7 heteroatoms. The van der Waals surface area contributed by atoms with Crippen LogP contribution in [0.1, 0.15) is 23.7 Å². The van der Waals surface area contributed by atoms with Crippen LogP contribution in [0.2, 0.25) is 0 Å². The van der Waals surface area contributed by atoms with Crippen molar-refractivity contribution in [2.75, 3.05) is 36.0 Å². The van der Waals surface area contributed by atoms with E-state index < -0.39 is 0 Å². The Morgan fingerprint density at radius 2 is 1.90 bits per heavy atom. The second-order valence-corrected chi connectivity index (χ2v) is 8.48. The third-order valence-electron chi connectivity index (χ3n) is 5.59. The Labute approximate surface area is 181 Å². The summed E-state index contributed by atoms with van der Waals surface area (Å²) in [5, 5.41) is 2.81. The molecule has 0 radical (unpaired) electrons. The van der Waals surface area contributed by atoms with Crippen molar-refractivity contribution in [3.8, 4) is 0 Å². The lowest BCUT2D eigenvalue weighted by Crippen LogP contribution is -2.46. The molecule has 1 aliphatic heterocycles. The average molecular weight is 422 g/mol. The summed E-state index contributed by atoms with van der Waals surface area (Å²) in [5.41, 5.74) is 4.20. The summed E-state index contributed by atoms with van der Waals surface area (Å²) in [6.45, 7) is 10.4. The average Bonchev–Trinajstić information content (AvgIpc) is 3.20. The van der Waals surface area contributed by atoms with Crippen molar-refractivity contribution < 1.29 is 4.79 Å². The van der Waals surface area contributed by atoms with Crippen LogP contribution in [0.3, 0.4) is 0 Å². The molecule has 4 rings (SSSR count). The number of carbonyl (C=O) groups is 1. The normalized spacial score (nSPS) is 14.7.